The van der Waals surface area contributed by atoms with Crippen molar-refractivity contribution in [1.82, 2.24) is 9.97 Å². The molecule has 8 nitrogen and oxygen atoms in total. The lowest BCUT2D eigenvalue weighted by Gasteiger charge is -2.31. The van der Waals surface area contributed by atoms with E-state index in [2.05, 4.69) is 15.3 Å². The zero-order valence-corrected chi connectivity index (χ0v) is 18.8. The molecule has 11 heteroatoms. The van der Waals surface area contributed by atoms with Gasteiger partial charge in [0.1, 0.15) is 17.6 Å². The number of alkyl halides is 3. The van der Waals surface area contributed by atoms with E-state index >= 15 is 0 Å². The molecule has 35 heavy (non-hydrogen) atoms. The Morgan fingerprint density at radius 2 is 1.83 bits per heavy atom. The Labute approximate surface area is 199 Å². The Bertz CT molecular complexity index is 1290. The maximum absolute atomic E-state index is 13.2. The summed E-state index contributed by atoms with van der Waals surface area (Å²) in [6.07, 6.45) is -3.91. The van der Waals surface area contributed by atoms with Crippen molar-refractivity contribution in [3.8, 4) is 11.1 Å². The number of nitrogens with one attached hydrogen (secondary N) is 1. The first-order valence-electron chi connectivity index (χ1n) is 10.8. The van der Waals surface area contributed by atoms with Crippen LogP contribution < -0.4 is 21.7 Å². The number of hydrogen-bond donors (Lipinski definition) is 3. The lowest BCUT2D eigenvalue weighted by molar-refractivity contribution is -0.137. The average Bonchev–Trinajstić information content (AvgIpc) is 2.82. The first-order chi connectivity index (χ1) is 16.5. The van der Waals surface area contributed by atoms with E-state index in [4.69, 9.17) is 11.5 Å². The van der Waals surface area contributed by atoms with Gasteiger partial charge < -0.3 is 21.7 Å². The summed E-state index contributed by atoms with van der Waals surface area (Å²) in [5, 5.41) is 2.83. The second-order valence-corrected chi connectivity index (χ2v) is 8.26. The number of fused-ring (bicyclic) bond motifs is 1. The number of rotatable bonds is 6. The van der Waals surface area contributed by atoms with E-state index in [0.717, 1.165) is 28.8 Å². The molecule has 0 saturated heterocycles. The van der Waals surface area contributed by atoms with Gasteiger partial charge in [-0.15, -0.1) is 0 Å². The first kappa shape index (κ1) is 24.0. The van der Waals surface area contributed by atoms with Gasteiger partial charge in [-0.2, -0.15) is 18.2 Å². The van der Waals surface area contributed by atoms with Gasteiger partial charge in [-0.3, -0.25) is 9.59 Å². The van der Waals surface area contributed by atoms with Crippen molar-refractivity contribution >= 4 is 23.6 Å². The van der Waals surface area contributed by atoms with Crippen LogP contribution in [0.4, 0.5) is 24.9 Å². The molecule has 0 fully saturated rings. The molecule has 0 radical (unpaired) electrons. The molecule has 0 bridgehead atoms. The van der Waals surface area contributed by atoms with Crippen molar-refractivity contribution < 1.29 is 22.8 Å². The van der Waals surface area contributed by atoms with Gasteiger partial charge in [-0.05, 0) is 47.7 Å². The van der Waals surface area contributed by atoms with E-state index in [1.54, 1.807) is 25.1 Å². The smallest absolute Gasteiger partial charge is 0.368 e. The summed E-state index contributed by atoms with van der Waals surface area (Å²) in [6, 6.07) is 11.4. The van der Waals surface area contributed by atoms with Crippen LogP contribution in [0.1, 0.15) is 34.1 Å². The topological polar surface area (TPSA) is 127 Å². The van der Waals surface area contributed by atoms with Crippen molar-refractivity contribution in [2.24, 2.45) is 11.5 Å². The van der Waals surface area contributed by atoms with Crippen LogP contribution in [-0.4, -0.2) is 34.4 Å². The van der Waals surface area contributed by atoms with E-state index in [-0.39, 0.29) is 17.5 Å². The van der Waals surface area contributed by atoms with Crippen LogP contribution in [-0.2, 0) is 23.9 Å². The number of hydrogen-bond acceptors (Lipinski definition) is 6. The molecule has 5 N–H and O–H groups in total. The normalized spacial score (nSPS) is 14.2. The maximum atomic E-state index is 13.2. The molecular formula is C24H23F3N6O2. The van der Waals surface area contributed by atoms with Gasteiger partial charge in [0.25, 0.3) is 5.91 Å². The first-order valence-corrected chi connectivity index (χ1v) is 10.8. The van der Waals surface area contributed by atoms with Crippen molar-refractivity contribution in [3.05, 3.63) is 70.9 Å². The molecule has 0 spiro atoms. The molecule has 0 saturated carbocycles. The molecule has 1 atom stereocenters. The highest BCUT2D eigenvalue weighted by Crippen LogP contribution is 2.35. The average molecular weight is 484 g/mol. The maximum Gasteiger partial charge on any atom is 0.416 e. The van der Waals surface area contributed by atoms with Crippen LogP contribution in [0.15, 0.2) is 48.5 Å². The number of anilines is 2. The molecule has 1 aliphatic heterocycles. The predicted octanol–water partition coefficient (Wildman–Crippen LogP) is 3.11. The molecule has 3 aromatic rings. The summed E-state index contributed by atoms with van der Waals surface area (Å²) < 4.78 is 39.7. The molecule has 1 aliphatic rings. The quantitative estimate of drug-likeness (QED) is 0.493. The van der Waals surface area contributed by atoms with E-state index in [9.17, 15) is 22.8 Å². The molecule has 0 unspecified atom stereocenters. The Kier molecular flexibility index (Phi) is 6.33. The highest BCUT2D eigenvalue weighted by molar-refractivity contribution is 5.92. The van der Waals surface area contributed by atoms with Gasteiger partial charge in [0.2, 0.25) is 11.9 Å². The third-order valence-electron chi connectivity index (χ3n) is 5.81. The van der Waals surface area contributed by atoms with Crippen molar-refractivity contribution in [2.75, 3.05) is 16.8 Å². The number of halogens is 3. The number of carbonyl (C=O) groups excluding carboxylic acids is 2. The Morgan fingerprint density at radius 1 is 1.09 bits per heavy atom. The molecule has 2 amide bonds. The molecule has 4 rings (SSSR count). The second kappa shape index (κ2) is 9.24. The Morgan fingerprint density at radius 3 is 2.51 bits per heavy atom. The minimum absolute atomic E-state index is 0.0299. The summed E-state index contributed by atoms with van der Waals surface area (Å²) >= 11 is 0. The lowest BCUT2D eigenvalue weighted by atomic mass is 9.90. The summed E-state index contributed by atoms with van der Waals surface area (Å²) in [7, 11) is 0. The van der Waals surface area contributed by atoms with Crippen LogP contribution in [0.5, 0.6) is 0 Å². The van der Waals surface area contributed by atoms with E-state index < -0.39 is 29.6 Å². The van der Waals surface area contributed by atoms with Crippen LogP contribution in [0.2, 0.25) is 0 Å². The van der Waals surface area contributed by atoms with Crippen LogP contribution >= 0.6 is 0 Å². The fourth-order valence-corrected chi connectivity index (χ4v) is 3.98. The van der Waals surface area contributed by atoms with Gasteiger partial charge in [-0.25, -0.2) is 4.98 Å². The van der Waals surface area contributed by atoms with Crippen molar-refractivity contribution in [3.63, 3.8) is 0 Å². The fourth-order valence-electron chi connectivity index (χ4n) is 3.98. The molecule has 1 aromatic heterocycles. The number of amides is 2. The third kappa shape index (κ3) is 5.18. The minimum atomic E-state index is -4.43. The van der Waals surface area contributed by atoms with Gasteiger partial charge in [0, 0.05) is 19.2 Å². The number of nitrogens with two attached hydrogens (primary N) is 2. The fraction of sp³-hybridized carbons (Fsp3) is 0.250. The number of nitrogens with zero attached hydrogens (tertiary/aromatic N) is 3. The van der Waals surface area contributed by atoms with Gasteiger partial charge in [-0.1, -0.05) is 30.3 Å². The molecule has 182 valence electrons. The van der Waals surface area contributed by atoms with Crippen molar-refractivity contribution in [1.29, 1.82) is 0 Å². The van der Waals surface area contributed by atoms with E-state index in [1.807, 2.05) is 11.0 Å². The van der Waals surface area contributed by atoms with E-state index in [1.165, 1.54) is 12.1 Å². The largest absolute Gasteiger partial charge is 0.416 e. The molecule has 2 heterocycles. The van der Waals surface area contributed by atoms with Crippen molar-refractivity contribution in [2.45, 2.75) is 32.1 Å². The van der Waals surface area contributed by atoms with Gasteiger partial charge >= 0.3 is 6.18 Å². The van der Waals surface area contributed by atoms with Gasteiger partial charge in [0.15, 0.2) is 0 Å². The number of aromatic nitrogens is 2. The van der Waals surface area contributed by atoms with Crippen LogP contribution in [0.3, 0.4) is 0 Å². The molecule has 2 aromatic carbocycles. The lowest BCUT2D eigenvalue weighted by Crippen LogP contribution is -2.35. The second-order valence-electron chi connectivity index (χ2n) is 8.26. The Hall–Kier alpha value is -4.15. The van der Waals surface area contributed by atoms with Crippen LogP contribution in [0, 0.1) is 0 Å². The summed E-state index contributed by atoms with van der Waals surface area (Å²) in [5.41, 5.74) is 13.1. The highest BCUT2D eigenvalue weighted by Gasteiger charge is 2.31. The zero-order valence-electron chi connectivity index (χ0n) is 18.8. The summed E-state index contributed by atoms with van der Waals surface area (Å²) in [5.74, 6) is -0.901. The number of primary amides is 2. The highest BCUT2D eigenvalue weighted by atomic mass is 19.4. The zero-order chi connectivity index (χ0) is 25.3. The number of benzene rings is 2. The SMILES string of the molecule is C[C@H](Nc1cc(C(N)=O)nc(N2CCc3c(cccc3-c3cccc(C(F)(F)F)c3)C2)n1)C(N)=O. The standard InChI is InChI=1S/C24H23F3N6O2/c1-13(21(28)34)30-20-11-19(22(29)35)31-23(32-20)33-9-8-18-15(12-33)5-3-7-17(18)14-4-2-6-16(10-14)24(25,26)27/h2-7,10-11,13H,8-9,12H2,1H3,(H2,28,34)(H2,29,35)(H,30,31,32)/t13-/m0/s1. The monoisotopic (exact) mass is 484 g/mol. The Balaban J connectivity index is 1.66. The summed E-state index contributed by atoms with van der Waals surface area (Å²) in [6.45, 7) is 2.38. The van der Waals surface area contributed by atoms with Gasteiger partial charge in [0.05, 0.1) is 5.56 Å². The van der Waals surface area contributed by atoms with Crippen LogP contribution in [0.25, 0.3) is 11.1 Å². The molecule has 0 aliphatic carbocycles. The third-order valence-corrected chi connectivity index (χ3v) is 5.81. The predicted molar refractivity (Wildman–Crippen MR) is 124 cm³/mol. The summed E-state index contributed by atoms with van der Waals surface area (Å²) in [4.78, 5) is 33.8. The van der Waals surface area contributed by atoms with E-state index in [0.29, 0.717) is 25.1 Å². The minimum Gasteiger partial charge on any atom is -0.368 e. The number of carbonyl (C=O) groups is 2. The molecular weight excluding hydrogens is 461 g/mol.